The van der Waals surface area contributed by atoms with Crippen LogP contribution in [0.3, 0.4) is 0 Å². The Labute approximate surface area is 86.1 Å². The Morgan fingerprint density at radius 3 is 2.92 bits per heavy atom. The van der Waals surface area contributed by atoms with Crippen molar-refractivity contribution >= 4 is 43.0 Å². The molecule has 2 heterocycles. The third-order valence-corrected chi connectivity index (χ3v) is 2.55. The second-order valence-electron chi connectivity index (χ2n) is 2.45. The first-order chi connectivity index (χ1) is 5.68. The Morgan fingerprint density at radius 2 is 2.17 bits per heavy atom. The summed E-state index contributed by atoms with van der Waals surface area (Å²) in [5, 5.41) is 0. The maximum atomic E-state index is 4.28. The summed E-state index contributed by atoms with van der Waals surface area (Å²) >= 11 is 6.68. The second-order valence-corrected chi connectivity index (χ2v) is 4.12. The third kappa shape index (κ3) is 1.17. The zero-order valence-electron chi connectivity index (χ0n) is 6.25. The van der Waals surface area contributed by atoms with Gasteiger partial charge in [-0.25, -0.2) is 9.97 Å². The van der Waals surface area contributed by atoms with Gasteiger partial charge in [0.15, 0.2) is 5.65 Å². The smallest absolute Gasteiger partial charge is 0.159 e. The molecule has 0 aliphatic rings. The minimum atomic E-state index is 0.752. The van der Waals surface area contributed by atoms with Crippen LogP contribution in [0, 0.1) is 0 Å². The van der Waals surface area contributed by atoms with E-state index in [1.165, 1.54) is 0 Å². The Hall–Kier alpha value is -0.420. The van der Waals surface area contributed by atoms with Crippen molar-refractivity contribution in [3.63, 3.8) is 0 Å². The van der Waals surface area contributed by atoms with Crippen molar-refractivity contribution in [3.8, 4) is 0 Å². The van der Waals surface area contributed by atoms with Crippen LogP contribution in [-0.4, -0.2) is 14.5 Å². The number of hydrogen-bond donors (Lipinski definition) is 0. The lowest BCUT2D eigenvalue weighted by molar-refractivity contribution is 0.943. The molecule has 12 heavy (non-hydrogen) atoms. The van der Waals surface area contributed by atoms with Crippen molar-refractivity contribution in [2.75, 3.05) is 0 Å². The monoisotopic (exact) mass is 289 g/mol. The topological polar surface area (TPSA) is 30.7 Å². The molecule has 2 aromatic rings. The van der Waals surface area contributed by atoms with E-state index in [0.717, 1.165) is 20.2 Å². The normalized spacial score (nSPS) is 10.9. The van der Waals surface area contributed by atoms with E-state index in [2.05, 4.69) is 41.8 Å². The lowest BCUT2D eigenvalue weighted by Crippen LogP contribution is -1.88. The summed E-state index contributed by atoms with van der Waals surface area (Å²) in [6, 6.07) is 0. The Morgan fingerprint density at radius 1 is 1.42 bits per heavy atom. The van der Waals surface area contributed by atoms with Gasteiger partial charge in [0.2, 0.25) is 0 Å². The van der Waals surface area contributed by atoms with E-state index in [0.29, 0.717) is 0 Å². The van der Waals surface area contributed by atoms with Gasteiger partial charge in [-0.05, 0) is 31.9 Å². The molecule has 0 aliphatic carbocycles. The zero-order valence-corrected chi connectivity index (χ0v) is 9.42. The van der Waals surface area contributed by atoms with Gasteiger partial charge in [0.25, 0.3) is 0 Å². The van der Waals surface area contributed by atoms with Crippen LogP contribution >= 0.6 is 31.9 Å². The van der Waals surface area contributed by atoms with Crippen LogP contribution in [0.25, 0.3) is 11.2 Å². The van der Waals surface area contributed by atoms with Crippen LogP contribution in [0.4, 0.5) is 0 Å². The number of fused-ring (bicyclic) bond motifs is 1. The molecule has 0 aromatic carbocycles. The highest BCUT2D eigenvalue weighted by atomic mass is 79.9. The first-order valence-electron chi connectivity index (χ1n) is 3.31. The van der Waals surface area contributed by atoms with Crippen molar-refractivity contribution in [3.05, 3.63) is 21.5 Å². The maximum absolute atomic E-state index is 4.28. The minimum Gasteiger partial charge on any atom is -0.333 e. The lowest BCUT2D eigenvalue weighted by Gasteiger charge is -1.93. The molecule has 5 heteroatoms. The van der Waals surface area contributed by atoms with Gasteiger partial charge in [0.05, 0.1) is 10.7 Å². The molecule has 0 N–H and O–H groups in total. The molecule has 2 rings (SSSR count). The van der Waals surface area contributed by atoms with E-state index < -0.39 is 0 Å². The van der Waals surface area contributed by atoms with E-state index in [-0.39, 0.29) is 0 Å². The molecular formula is C7H5Br2N3. The van der Waals surface area contributed by atoms with E-state index in [4.69, 9.17) is 0 Å². The average Bonchev–Trinajstić information content (AvgIpc) is 2.28. The zero-order chi connectivity index (χ0) is 8.72. The second kappa shape index (κ2) is 2.81. The first-order valence-corrected chi connectivity index (χ1v) is 4.90. The van der Waals surface area contributed by atoms with Gasteiger partial charge in [-0.1, -0.05) is 0 Å². The molecule has 0 aliphatic heterocycles. The molecule has 0 fully saturated rings. The fourth-order valence-corrected chi connectivity index (χ4v) is 1.92. The predicted molar refractivity (Wildman–Crippen MR) is 53.9 cm³/mol. The number of rotatable bonds is 0. The summed E-state index contributed by atoms with van der Waals surface area (Å²) in [4.78, 5) is 8.51. The number of nitrogens with zero attached hydrogens (tertiary/aromatic N) is 3. The van der Waals surface area contributed by atoms with Crippen molar-refractivity contribution < 1.29 is 0 Å². The molecule has 0 spiro atoms. The Kier molecular flexibility index (Phi) is 1.92. The molecule has 0 saturated heterocycles. The summed E-state index contributed by atoms with van der Waals surface area (Å²) < 4.78 is 3.65. The van der Waals surface area contributed by atoms with E-state index in [1.54, 1.807) is 6.20 Å². The summed E-state index contributed by atoms with van der Waals surface area (Å²) in [6.07, 6.45) is 3.63. The highest BCUT2D eigenvalue weighted by Crippen LogP contribution is 2.23. The maximum Gasteiger partial charge on any atom is 0.159 e. The number of aryl methyl sites for hydroxylation is 1. The van der Waals surface area contributed by atoms with Gasteiger partial charge < -0.3 is 4.57 Å². The standard InChI is InChI=1S/C7H5Br2N3/c1-12-3-4(8)6-7(12)10-2-5(9)11-6/h2-3H,1H3. The summed E-state index contributed by atoms with van der Waals surface area (Å²) in [6.45, 7) is 0. The number of halogens is 2. The molecule has 0 atom stereocenters. The Balaban J connectivity index is 2.90. The molecule has 0 unspecified atom stereocenters. The highest BCUT2D eigenvalue weighted by molar-refractivity contribution is 9.11. The van der Waals surface area contributed by atoms with Crippen LogP contribution in [0.15, 0.2) is 21.5 Å². The van der Waals surface area contributed by atoms with Crippen LogP contribution < -0.4 is 0 Å². The molecule has 0 amide bonds. The van der Waals surface area contributed by atoms with Gasteiger partial charge in [-0.15, -0.1) is 0 Å². The van der Waals surface area contributed by atoms with Gasteiger partial charge >= 0.3 is 0 Å². The fourth-order valence-electron chi connectivity index (χ4n) is 1.07. The molecule has 2 aromatic heterocycles. The molecule has 0 bridgehead atoms. The van der Waals surface area contributed by atoms with Crippen LogP contribution in [0.2, 0.25) is 0 Å². The van der Waals surface area contributed by atoms with Crippen molar-refractivity contribution in [1.82, 2.24) is 14.5 Å². The van der Waals surface area contributed by atoms with Gasteiger partial charge in [-0.3, -0.25) is 0 Å². The molecule has 62 valence electrons. The third-order valence-electron chi connectivity index (χ3n) is 1.59. The summed E-state index contributed by atoms with van der Waals surface area (Å²) in [5.41, 5.74) is 1.76. The SMILES string of the molecule is Cn1cc(Br)c2nc(Br)cnc21. The molecule has 0 saturated carbocycles. The Bertz CT molecular complexity index is 435. The summed E-state index contributed by atoms with van der Waals surface area (Å²) in [5.74, 6) is 0. The van der Waals surface area contributed by atoms with Crippen LogP contribution in [-0.2, 0) is 7.05 Å². The molecule has 3 nitrogen and oxygen atoms in total. The van der Waals surface area contributed by atoms with Crippen LogP contribution in [0.1, 0.15) is 0 Å². The molecule has 0 radical (unpaired) electrons. The lowest BCUT2D eigenvalue weighted by atomic mass is 10.5. The average molecular weight is 291 g/mol. The number of hydrogen-bond acceptors (Lipinski definition) is 2. The van der Waals surface area contributed by atoms with Gasteiger partial charge in [0.1, 0.15) is 10.1 Å². The summed E-state index contributed by atoms with van der Waals surface area (Å²) in [7, 11) is 1.94. The van der Waals surface area contributed by atoms with E-state index >= 15 is 0 Å². The quantitative estimate of drug-likeness (QED) is 0.746. The van der Waals surface area contributed by atoms with Crippen molar-refractivity contribution in [2.45, 2.75) is 0 Å². The van der Waals surface area contributed by atoms with Gasteiger partial charge in [0, 0.05) is 13.2 Å². The van der Waals surface area contributed by atoms with E-state index in [9.17, 15) is 0 Å². The highest BCUT2D eigenvalue weighted by Gasteiger charge is 2.06. The van der Waals surface area contributed by atoms with Crippen LogP contribution in [0.5, 0.6) is 0 Å². The predicted octanol–water partition coefficient (Wildman–Crippen LogP) is 2.49. The fraction of sp³-hybridized carbons (Fsp3) is 0.143. The van der Waals surface area contributed by atoms with Crippen molar-refractivity contribution in [1.29, 1.82) is 0 Å². The van der Waals surface area contributed by atoms with Crippen molar-refractivity contribution in [2.24, 2.45) is 7.05 Å². The van der Waals surface area contributed by atoms with E-state index in [1.807, 2.05) is 17.8 Å². The first kappa shape index (κ1) is 8.19. The van der Waals surface area contributed by atoms with Gasteiger partial charge in [-0.2, -0.15) is 0 Å². The molecular weight excluding hydrogens is 286 g/mol. The minimum absolute atomic E-state index is 0.752. The number of aromatic nitrogens is 3. The largest absolute Gasteiger partial charge is 0.333 e.